The monoisotopic (exact) mass is 1100 g/mol. The van der Waals surface area contributed by atoms with Crippen LogP contribution in [0.4, 0.5) is 11.4 Å². The number of aliphatic imine (C=N–C) groups is 1. The molecule has 0 saturated carbocycles. The predicted molar refractivity (Wildman–Crippen MR) is 262 cm³/mol. The van der Waals surface area contributed by atoms with Crippen molar-refractivity contribution < 1.29 is 30.7 Å². The predicted octanol–water partition coefficient (Wildman–Crippen LogP) is 13.5. The summed E-state index contributed by atoms with van der Waals surface area (Å²) < 4.78 is 11.1. The number of hydrogen-bond acceptors (Lipinski definition) is 6. The third-order valence-corrected chi connectivity index (χ3v) is 11.4. The zero-order chi connectivity index (χ0) is 46.0. The van der Waals surface area contributed by atoms with Crippen LogP contribution in [0.2, 0.25) is 0 Å². The fourth-order valence-electron chi connectivity index (χ4n) is 7.37. The van der Waals surface area contributed by atoms with Gasteiger partial charge in [0, 0.05) is 67.4 Å². The second-order valence-electron chi connectivity index (χ2n) is 16.8. The molecule has 1 amide bonds. The molecule has 3 atom stereocenters. The molecule has 13 heteroatoms. The molecule has 61 heavy (non-hydrogen) atoms. The molecule has 8 nitrogen and oxygen atoms in total. The fourth-order valence-corrected chi connectivity index (χ4v) is 7.84. The summed E-state index contributed by atoms with van der Waals surface area (Å²) in [5.41, 5.74) is 13.3. The van der Waals surface area contributed by atoms with Gasteiger partial charge in [0.2, 0.25) is 0 Å². The maximum atomic E-state index is 12.8. The van der Waals surface area contributed by atoms with E-state index in [1.54, 1.807) is 24.1 Å². The zero-order valence-corrected chi connectivity index (χ0v) is 43.6. The summed E-state index contributed by atoms with van der Waals surface area (Å²) in [6.07, 6.45) is 3.84. The second-order valence-corrected chi connectivity index (χ2v) is 20.7. The van der Waals surface area contributed by atoms with Crippen LogP contribution < -0.4 is 14.4 Å². The van der Waals surface area contributed by atoms with Crippen LogP contribution >= 0.6 is 42.0 Å². The number of carbonyl (C=O) groups is 1. The van der Waals surface area contributed by atoms with Crippen molar-refractivity contribution in [1.29, 1.82) is 0 Å². The van der Waals surface area contributed by atoms with E-state index in [1.165, 1.54) is 40.6 Å². The normalized spacial score (nSPS) is 16.9. The summed E-state index contributed by atoms with van der Waals surface area (Å²) in [5.74, 6) is 3.90. The average molecular weight is 1100 g/mol. The summed E-state index contributed by atoms with van der Waals surface area (Å²) in [6, 6.07) is 15.7. The van der Waals surface area contributed by atoms with Crippen LogP contribution in [0.1, 0.15) is 103 Å². The van der Waals surface area contributed by atoms with Crippen molar-refractivity contribution in [1.82, 2.24) is 9.80 Å². The molecule has 6 rings (SSSR count). The molecule has 1 fully saturated rings. The molecule has 1 N–H and O–H groups in total. The summed E-state index contributed by atoms with van der Waals surface area (Å²) in [5, 5.41) is 2.74. The number of alkyl halides is 2. The number of fused-ring (bicyclic) bond motifs is 5. The molecular formula is C48H71Cl4N5O3Pt. The summed E-state index contributed by atoms with van der Waals surface area (Å²) in [4.78, 5) is 24.0. The Balaban J connectivity index is 0.000000297. The van der Waals surface area contributed by atoms with Crippen molar-refractivity contribution in [3.05, 3.63) is 84.0 Å². The molecule has 0 aromatic heterocycles. The number of amides is 1. The van der Waals surface area contributed by atoms with Gasteiger partial charge in [0.15, 0.2) is 11.5 Å². The number of nitrogens with one attached hydrogen (secondary N) is 1. The Morgan fingerprint density at radius 1 is 1.02 bits per heavy atom. The molecule has 3 aromatic carbocycles. The number of nitrogens with zero attached hydrogens (tertiary/aromatic N) is 4. The van der Waals surface area contributed by atoms with E-state index in [9.17, 15) is 4.79 Å². The molecular weight excluding hydrogens is 1030 g/mol. The van der Waals surface area contributed by atoms with Crippen LogP contribution in [0.3, 0.4) is 0 Å². The number of anilines is 1. The van der Waals surface area contributed by atoms with Crippen molar-refractivity contribution in [2.75, 3.05) is 56.5 Å². The minimum absolute atomic E-state index is 0.00661. The Bertz CT molecular complexity index is 1840. The van der Waals surface area contributed by atoms with Crippen molar-refractivity contribution in [3.63, 3.8) is 0 Å². The first-order chi connectivity index (χ1) is 28.9. The topological polar surface area (TPSA) is 81.4 Å². The van der Waals surface area contributed by atoms with Gasteiger partial charge in [0.25, 0.3) is 5.91 Å². The van der Waals surface area contributed by atoms with Gasteiger partial charge in [0.1, 0.15) is 0 Å². The number of carbonyl (C=O) groups excluding carboxylic acids is 1. The molecule has 0 aliphatic carbocycles. The van der Waals surface area contributed by atoms with Gasteiger partial charge >= 0.3 is 35.3 Å². The molecule has 0 bridgehead atoms. The number of aryl methyl sites for hydroxylation is 1. The van der Waals surface area contributed by atoms with Gasteiger partial charge in [-0.15, -0.1) is 23.2 Å². The molecule has 3 aliphatic heterocycles. The van der Waals surface area contributed by atoms with Crippen molar-refractivity contribution in [2.45, 2.75) is 112 Å². The number of benzene rings is 3. The minimum atomic E-state index is -0.472. The van der Waals surface area contributed by atoms with Gasteiger partial charge < -0.3 is 31.9 Å². The maximum absolute atomic E-state index is 12.8. The van der Waals surface area contributed by atoms with Crippen LogP contribution in [0, 0.1) is 25.7 Å². The van der Waals surface area contributed by atoms with Crippen LogP contribution in [0.15, 0.2) is 59.6 Å². The summed E-state index contributed by atoms with van der Waals surface area (Å²) >= 11 is 11.4. The van der Waals surface area contributed by atoms with Gasteiger partial charge in [-0.1, -0.05) is 63.1 Å². The first-order valence-electron chi connectivity index (χ1n) is 21.3. The molecule has 1 saturated heterocycles. The van der Waals surface area contributed by atoms with Gasteiger partial charge in [-0.05, 0) is 102 Å². The SMILES string of the molecule is C=C1CC2C=Nc3cc(OC(C)C)c(OC)cc3C(=O)N2C1.CCCN(CCCl)C(C)C.Cc1cc2c(c3ccccc13)C(CCl)CN2C(C)C.[CH2-]C(C[NH-])C(C)C.[Cl][Pt+2][Cl]. The van der Waals surface area contributed by atoms with Gasteiger partial charge in [-0.2, -0.15) is 12.5 Å². The van der Waals surface area contributed by atoms with Crippen molar-refractivity contribution in [2.24, 2.45) is 16.8 Å². The standard InChI is InChI=1S/C17H20ClN.C17H20N2O3.C8H18ClN.C6H13N.2ClH.Pt/c1-11(2)19-10-13(9-18)17-15-7-5-4-6-14(15)12(3)8-16(17)19;1-10(2)22-16-7-14-13(6-15(16)21-4)17(20)19-9-11(3)5-12(19)8-18-14;1-4-6-10(7-5-9)8(2)3;1-5(2)6(3)4-7;;;/h4-8,11,13H,9-10H2,1-3H3;6-8,10,12H,3,5,9H2,1-2,4H3;8H,4-7H2,1-3H3;5-7H,3-4H2,1-2H3;2*1H;/q;;;-2;;;+4/p-2. The van der Waals surface area contributed by atoms with Gasteiger partial charge in [0.05, 0.1) is 30.5 Å². The molecule has 0 radical (unpaired) electrons. The van der Waals surface area contributed by atoms with Crippen molar-refractivity contribution in [3.8, 4) is 11.5 Å². The van der Waals surface area contributed by atoms with E-state index in [-0.39, 0.29) is 18.1 Å². The Kier molecular flexibility index (Phi) is 25.3. The van der Waals surface area contributed by atoms with E-state index in [2.05, 4.69) is 114 Å². The second kappa shape index (κ2) is 28.0. The average Bonchev–Trinajstić information content (AvgIpc) is 3.77. The van der Waals surface area contributed by atoms with Crippen molar-refractivity contribution >= 4 is 76.3 Å². The number of halogens is 4. The first-order valence-corrected chi connectivity index (χ1v) is 28.0. The van der Waals surface area contributed by atoms with E-state index in [0.29, 0.717) is 71.6 Å². The Morgan fingerprint density at radius 3 is 2.15 bits per heavy atom. The van der Waals surface area contributed by atoms with Crippen LogP contribution in [-0.4, -0.2) is 97.7 Å². The molecule has 3 aromatic rings. The van der Waals surface area contributed by atoms with Gasteiger partial charge in [-0.3, -0.25) is 14.7 Å². The Labute approximate surface area is 395 Å². The molecule has 3 unspecified atom stereocenters. The summed E-state index contributed by atoms with van der Waals surface area (Å²) in [6.45, 7) is 33.4. The fraction of sp³-hybridized carbons (Fsp3) is 0.562. The zero-order valence-electron chi connectivity index (χ0n) is 38.3. The van der Waals surface area contributed by atoms with E-state index >= 15 is 0 Å². The molecule has 344 valence electrons. The number of hydrogen-bond donors (Lipinski definition) is 0. The van der Waals surface area contributed by atoms with E-state index < -0.39 is 16.5 Å². The van der Waals surface area contributed by atoms with Crippen LogP contribution in [0.25, 0.3) is 16.5 Å². The third-order valence-electron chi connectivity index (χ3n) is 10.8. The quantitative estimate of drug-likeness (QED) is 0.103. The summed E-state index contributed by atoms with van der Waals surface area (Å²) in [7, 11) is 11.3. The Morgan fingerprint density at radius 2 is 1.66 bits per heavy atom. The van der Waals surface area contributed by atoms with E-state index in [4.69, 9.17) is 57.2 Å². The first kappa shape index (κ1) is 55.1. The van der Waals surface area contributed by atoms with Crippen LogP contribution in [0.5, 0.6) is 11.5 Å². The number of rotatable bonds is 12. The molecule has 0 spiro atoms. The molecule has 3 heterocycles. The number of ether oxygens (including phenoxy) is 2. The number of methoxy groups -OCH3 is 1. The van der Waals surface area contributed by atoms with E-state index in [0.717, 1.165) is 31.0 Å². The molecule has 3 aliphatic rings. The van der Waals surface area contributed by atoms with E-state index in [1.807, 2.05) is 20.1 Å². The Hall–Kier alpha value is -2.03. The van der Waals surface area contributed by atoms with Gasteiger partial charge in [-0.25, -0.2) is 0 Å². The van der Waals surface area contributed by atoms with Crippen LogP contribution in [-0.2, 0) is 16.5 Å². The third kappa shape index (κ3) is 16.2.